The van der Waals surface area contributed by atoms with Crippen molar-refractivity contribution in [2.24, 2.45) is 0 Å². The molecule has 0 saturated carbocycles. The number of benzene rings is 2. The molecule has 2 aromatic carbocycles. The highest BCUT2D eigenvalue weighted by atomic mass is 35.5. The number of thiazole rings is 1. The number of hydrogen-bond acceptors (Lipinski definition) is 7. The Morgan fingerprint density at radius 3 is 2.47 bits per heavy atom. The van der Waals surface area contributed by atoms with Crippen molar-refractivity contribution >= 4 is 54.8 Å². The van der Waals surface area contributed by atoms with Gasteiger partial charge in [0.1, 0.15) is 11.3 Å². The lowest BCUT2D eigenvalue weighted by Crippen LogP contribution is -2.36. The molecule has 0 fully saturated rings. The van der Waals surface area contributed by atoms with Gasteiger partial charge in [-0.05, 0) is 44.4 Å². The molecule has 0 unspecified atom stereocenters. The lowest BCUT2D eigenvalue weighted by Gasteiger charge is -2.22. The smallest absolute Gasteiger partial charge is 0.260 e. The Morgan fingerprint density at radius 1 is 1.13 bits per heavy atom. The Kier molecular flexibility index (Phi) is 7.81. The standard InChI is InChI=1S/C20H23N3O4S2.ClH/c1-22(2)11-12-23(19(24)14-7-5-8-15(13-14)27-3)20-21-18-16(28-20)9-6-10-17(18)29(4,25)26;/h5-10,13H,11-12H2,1-4H3;1H. The zero-order chi connectivity index (χ0) is 21.2. The first-order valence-electron chi connectivity index (χ1n) is 8.91. The van der Waals surface area contributed by atoms with Crippen molar-refractivity contribution in [2.45, 2.75) is 4.90 Å². The third-order valence-electron chi connectivity index (χ3n) is 4.33. The van der Waals surface area contributed by atoms with Crippen LogP contribution in [0.25, 0.3) is 10.2 Å². The van der Waals surface area contributed by atoms with Crippen LogP contribution in [0.4, 0.5) is 5.13 Å². The Morgan fingerprint density at radius 2 is 1.83 bits per heavy atom. The van der Waals surface area contributed by atoms with E-state index >= 15 is 0 Å². The van der Waals surface area contributed by atoms with E-state index in [0.29, 0.717) is 35.1 Å². The number of likely N-dealkylation sites (N-methyl/N-ethyl adjacent to an activating group) is 1. The highest BCUT2D eigenvalue weighted by molar-refractivity contribution is 7.91. The molecule has 7 nitrogen and oxygen atoms in total. The van der Waals surface area contributed by atoms with Crippen LogP contribution in [0.1, 0.15) is 10.4 Å². The van der Waals surface area contributed by atoms with E-state index in [0.717, 1.165) is 11.0 Å². The molecule has 0 aliphatic carbocycles. The van der Waals surface area contributed by atoms with Gasteiger partial charge in [0.25, 0.3) is 5.91 Å². The number of ether oxygens (including phenoxy) is 1. The largest absolute Gasteiger partial charge is 0.497 e. The SMILES string of the molecule is COc1cccc(C(=O)N(CCN(C)C)c2nc3c(S(C)(=O)=O)cccc3s2)c1.Cl. The van der Waals surface area contributed by atoms with Crippen LogP contribution in [0.2, 0.25) is 0 Å². The number of fused-ring (bicyclic) bond motifs is 1. The summed E-state index contributed by atoms with van der Waals surface area (Å²) >= 11 is 1.30. The van der Waals surface area contributed by atoms with Crippen LogP contribution < -0.4 is 9.64 Å². The second-order valence-electron chi connectivity index (χ2n) is 6.86. The van der Waals surface area contributed by atoms with Crippen LogP contribution >= 0.6 is 23.7 Å². The summed E-state index contributed by atoms with van der Waals surface area (Å²) in [7, 11) is 1.97. The second-order valence-corrected chi connectivity index (χ2v) is 9.86. The molecule has 0 spiro atoms. The number of nitrogens with zero attached hydrogens (tertiary/aromatic N) is 3. The predicted octanol–water partition coefficient (Wildman–Crippen LogP) is 3.34. The monoisotopic (exact) mass is 469 g/mol. The highest BCUT2D eigenvalue weighted by Crippen LogP contribution is 2.33. The van der Waals surface area contributed by atoms with Crippen molar-refractivity contribution < 1.29 is 17.9 Å². The van der Waals surface area contributed by atoms with E-state index in [1.54, 1.807) is 42.3 Å². The van der Waals surface area contributed by atoms with Gasteiger partial charge in [-0.3, -0.25) is 9.69 Å². The molecule has 0 bridgehead atoms. The summed E-state index contributed by atoms with van der Waals surface area (Å²) in [5, 5.41) is 0.464. The molecule has 1 aromatic heterocycles. The lowest BCUT2D eigenvalue weighted by molar-refractivity contribution is 0.0985. The van der Waals surface area contributed by atoms with Gasteiger partial charge < -0.3 is 9.64 Å². The fraction of sp³-hybridized carbons (Fsp3) is 0.300. The maximum Gasteiger partial charge on any atom is 0.260 e. The summed E-state index contributed by atoms with van der Waals surface area (Å²) in [5.41, 5.74) is 0.869. The normalized spacial score (nSPS) is 11.4. The average Bonchev–Trinajstić information content (AvgIpc) is 3.10. The molecular formula is C20H24ClN3O4S2. The summed E-state index contributed by atoms with van der Waals surface area (Å²) in [5.74, 6) is 0.373. The second kappa shape index (κ2) is 9.74. The molecule has 0 saturated heterocycles. The van der Waals surface area contributed by atoms with Gasteiger partial charge >= 0.3 is 0 Å². The molecule has 1 amide bonds. The number of carbonyl (C=O) groups is 1. The number of hydrogen-bond donors (Lipinski definition) is 0. The van der Waals surface area contributed by atoms with E-state index in [2.05, 4.69) is 4.98 Å². The first-order chi connectivity index (χ1) is 13.7. The van der Waals surface area contributed by atoms with E-state index in [9.17, 15) is 13.2 Å². The molecular weight excluding hydrogens is 446 g/mol. The average molecular weight is 470 g/mol. The number of methoxy groups -OCH3 is 1. The van der Waals surface area contributed by atoms with Gasteiger partial charge in [0.05, 0.1) is 16.7 Å². The Hall–Kier alpha value is -2.20. The zero-order valence-corrected chi connectivity index (χ0v) is 19.6. The van der Waals surface area contributed by atoms with Gasteiger partial charge in [-0.2, -0.15) is 0 Å². The van der Waals surface area contributed by atoms with Gasteiger partial charge in [-0.15, -0.1) is 12.4 Å². The van der Waals surface area contributed by atoms with Crippen LogP contribution in [0.5, 0.6) is 5.75 Å². The van der Waals surface area contributed by atoms with Gasteiger partial charge in [0, 0.05) is 24.9 Å². The van der Waals surface area contributed by atoms with Crippen LogP contribution in [0.15, 0.2) is 47.4 Å². The van der Waals surface area contributed by atoms with Crippen molar-refractivity contribution in [1.29, 1.82) is 0 Å². The summed E-state index contributed by atoms with van der Waals surface area (Å²) in [6.07, 6.45) is 1.16. The summed E-state index contributed by atoms with van der Waals surface area (Å²) in [6.45, 7) is 1.04. The van der Waals surface area contributed by atoms with E-state index in [4.69, 9.17) is 4.74 Å². The van der Waals surface area contributed by atoms with Crippen molar-refractivity contribution in [3.05, 3.63) is 48.0 Å². The first kappa shape index (κ1) is 24.1. The fourth-order valence-corrected chi connectivity index (χ4v) is 4.74. The topological polar surface area (TPSA) is 79.8 Å². The van der Waals surface area contributed by atoms with Gasteiger partial charge in [-0.25, -0.2) is 13.4 Å². The minimum atomic E-state index is -3.43. The molecule has 0 N–H and O–H groups in total. The molecule has 0 aliphatic rings. The quantitative estimate of drug-likeness (QED) is 0.528. The number of amides is 1. The maximum absolute atomic E-state index is 13.3. The summed E-state index contributed by atoms with van der Waals surface area (Å²) < 4.78 is 30.2. The predicted molar refractivity (Wildman–Crippen MR) is 123 cm³/mol. The van der Waals surface area contributed by atoms with E-state index in [-0.39, 0.29) is 23.2 Å². The van der Waals surface area contributed by atoms with Crippen molar-refractivity contribution in [1.82, 2.24) is 9.88 Å². The third kappa shape index (κ3) is 5.28. The lowest BCUT2D eigenvalue weighted by atomic mass is 10.2. The van der Waals surface area contributed by atoms with Gasteiger partial charge in [0.2, 0.25) is 0 Å². The minimum Gasteiger partial charge on any atom is -0.497 e. The van der Waals surface area contributed by atoms with Gasteiger partial charge in [-0.1, -0.05) is 23.5 Å². The van der Waals surface area contributed by atoms with Crippen LogP contribution in [0, 0.1) is 0 Å². The molecule has 1 heterocycles. The summed E-state index contributed by atoms with van der Waals surface area (Å²) in [6, 6.07) is 12.0. The Bertz CT molecular complexity index is 1150. The van der Waals surface area contributed by atoms with E-state index < -0.39 is 9.84 Å². The Balaban J connectivity index is 0.00000320. The number of halogens is 1. The molecule has 3 aromatic rings. The van der Waals surface area contributed by atoms with Crippen molar-refractivity contribution in [2.75, 3.05) is 45.5 Å². The van der Waals surface area contributed by atoms with Crippen LogP contribution in [-0.4, -0.2) is 64.8 Å². The molecule has 0 radical (unpaired) electrons. The fourth-order valence-electron chi connectivity index (χ4n) is 2.82. The van der Waals surface area contributed by atoms with E-state index in [1.165, 1.54) is 17.4 Å². The van der Waals surface area contributed by atoms with Crippen LogP contribution in [-0.2, 0) is 9.84 Å². The number of aromatic nitrogens is 1. The zero-order valence-electron chi connectivity index (χ0n) is 17.2. The minimum absolute atomic E-state index is 0. The number of sulfone groups is 1. The molecule has 30 heavy (non-hydrogen) atoms. The number of carbonyl (C=O) groups excluding carboxylic acids is 1. The molecule has 0 aliphatic heterocycles. The van der Waals surface area contributed by atoms with Crippen molar-refractivity contribution in [3.8, 4) is 5.75 Å². The molecule has 10 heteroatoms. The van der Waals surface area contributed by atoms with Crippen LogP contribution in [0.3, 0.4) is 0 Å². The maximum atomic E-state index is 13.3. The number of anilines is 1. The number of para-hydroxylation sites is 1. The molecule has 162 valence electrons. The number of rotatable bonds is 7. The molecule has 3 rings (SSSR count). The first-order valence-corrected chi connectivity index (χ1v) is 11.6. The summed E-state index contributed by atoms with van der Waals surface area (Å²) in [4.78, 5) is 21.6. The van der Waals surface area contributed by atoms with Crippen molar-refractivity contribution in [3.63, 3.8) is 0 Å². The third-order valence-corrected chi connectivity index (χ3v) is 6.51. The van der Waals surface area contributed by atoms with E-state index in [1.807, 2.05) is 25.1 Å². The molecule has 0 atom stereocenters. The van der Waals surface area contributed by atoms with Gasteiger partial charge in [0.15, 0.2) is 15.0 Å². The highest BCUT2D eigenvalue weighted by Gasteiger charge is 2.24. The Labute approximate surface area is 186 Å².